The first-order valence-electron chi connectivity index (χ1n) is 9.42. The molecule has 1 aromatic heterocycles. The molecule has 0 aliphatic carbocycles. The predicted octanol–water partition coefficient (Wildman–Crippen LogP) is 3.61. The summed E-state index contributed by atoms with van der Waals surface area (Å²) in [7, 11) is -3.82. The Morgan fingerprint density at radius 3 is 2.79 bits per heavy atom. The second-order valence-electron chi connectivity index (χ2n) is 6.76. The van der Waals surface area contributed by atoms with E-state index in [9.17, 15) is 12.8 Å². The normalized spacial score (nSPS) is 17.5. The fourth-order valence-electron chi connectivity index (χ4n) is 3.36. The Balaban J connectivity index is 1.47. The van der Waals surface area contributed by atoms with Crippen LogP contribution in [0.25, 0.3) is 10.9 Å². The van der Waals surface area contributed by atoms with Crippen LogP contribution in [0.1, 0.15) is 13.3 Å². The van der Waals surface area contributed by atoms with Gasteiger partial charge in [0.1, 0.15) is 6.10 Å². The van der Waals surface area contributed by atoms with Gasteiger partial charge >= 0.3 is 0 Å². The standard InChI is InChI=1S/C21H21FN2O4S/c1-2-27-20-9-8-17(13-18(20)22)29(25,26)24-12-11-16(14-24)28-21-10-7-15-5-3-4-6-19(15)23-21/h3-10,13,16H,2,11-12,14H2,1H3. The number of hydrogen-bond donors (Lipinski definition) is 0. The molecule has 1 saturated heterocycles. The van der Waals surface area contributed by atoms with Gasteiger partial charge in [0.25, 0.3) is 0 Å². The maximum absolute atomic E-state index is 14.1. The van der Waals surface area contributed by atoms with Crippen molar-refractivity contribution in [2.75, 3.05) is 19.7 Å². The van der Waals surface area contributed by atoms with Crippen molar-refractivity contribution in [2.45, 2.75) is 24.3 Å². The van der Waals surface area contributed by atoms with Crippen LogP contribution in [-0.4, -0.2) is 43.5 Å². The second kappa shape index (κ2) is 7.96. The zero-order valence-electron chi connectivity index (χ0n) is 15.9. The highest BCUT2D eigenvalue weighted by Crippen LogP contribution is 2.27. The minimum absolute atomic E-state index is 0.0384. The first-order valence-corrected chi connectivity index (χ1v) is 10.9. The minimum atomic E-state index is -3.82. The summed E-state index contributed by atoms with van der Waals surface area (Å²) in [6.45, 7) is 2.52. The van der Waals surface area contributed by atoms with Gasteiger partial charge in [-0.15, -0.1) is 0 Å². The molecule has 29 heavy (non-hydrogen) atoms. The number of fused-ring (bicyclic) bond motifs is 1. The summed E-state index contributed by atoms with van der Waals surface area (Å²) in [5.74, 6) is -0.197. The van der Waals surface area contributed by atoms with E-state index < -0.39 is 15.8 Å². The number of rotatable bonds is 6. The molecule has 2 heterocycles. The Hall–Kier alpha value is -2.71. The van der Waals surface area contributed by atoms with Gasteiger partial charge in [-0.25, -0.2) is 17.8 Å². The lowest BCUT2D eigenvalue weighted by Gasteiger charge is -2.17. The number of hydrogen-bond acceptors (Lipinski definition) is 5. The maximum atomic E-state index is 14.1. The van der Waals surface area contributed by atoms with Gasteiger partial charge in [-0.2, -0.15) is 4.31 Å². The largest absolute Gasteiger partial charge is 0.491 e. The Morgan fingerprint density at radius 2 is 2.00 bits per heavy atom. The number of halogens is 1. The first kappa shape index (κ1) is 19.6. The SMILES string of the molecule is CCOc1ccc(S(=O)(=O)N2CCC(Oc3ccc4ccccc4n3)C2)cc1F. The summed E-state index contributed by atoms with van der Waals surface area (Å²) < 4.78 is 52.2. The van der Waals surface area contributed by atoms with Gasteiger partial charge < -0.3 is 9.47 Å². The quantitative estimate of drug-likeness (QED) is 0.614. The van der Waals surface area contributed by atoms with E-state index in [4.69, 9.17) is 9.47 Å². The number of pyridine rings is 1. The van der Waals surface area contributed by atoms with Crippen molar-refractivity contribution < 1.29 is 22.3 Å². The van der Waals surface area contributed by atoms with Crippen molar-refractivity contribution in [3.63, 3.8) is 0 Å². The zero-order valence-corrected chi connectivity index (χ0v) is 16.7. The molecule has 0 N–H and O–H groups in total. The molecule has 0 spiro atoms. The van der Waals surface area contributed by atoms with Crippen molar-refractivity contribution in [3.05, 3.63) is 60.4 Å². The molecule has 0 amide bonds. The van der Waals surface area contributed by atoms with E-state index in [0.29, 0.717) is 25.5 Å². The fraction of sp³-hybridized carbons (Fsp3) is 0.286. The van der Waals surface area contributed by atoms with Gasteiger partial charge in [-0.3, -0.25) is 0 Å². The number of benzene rings is 2. The van der Waals surface area contributed by atoms with E-state index in [2.05, 4.69) is 4.98 Å². The van der Waals surface area contributed by atoms with Crippen molar-refractivity contribution in [2.24, 2.45) is 0 Å². The third-order valence-corrected chi connectivity index (χ3v) is 6.67. The first-order chi connectivity index (χ1) is 14.0. The molecule has 1 aliphatic heterocycles. The molecule has 0 radical (unpaired) electrons. The van der Waals surface area contributed by atoms with Crippen LogP contribution in [0.4, 0.5) is 4.39 Å². The summed E-state index contributed by atoms with van der Waals surface area (Å²) in [5, 5.41) is 1.01. The van der Waals surface area contributed by atoms with Gasteiger partial charge in [-0.1, -0.05) is 18.2 Å². The summed E-state index contributed by atoms with van der Waals surface area (Å²) in [6, 6.07) is 15.1. The van der Waals surface area contributed by atoms with Crippen LogP contribution in [-0.2, 0) is 10.0 Å². The van der Waals surface area contributed by atoms with E-state index >= 15 is 0 Å². The van der Waals surface area contributed by atoms with Crippen LogP contribution in [0, 0.1) is 5.82 Å². The Kier molecular flexibility index (Phi) is 5.38. The molecule has 1 fully saturated rings. The molecule has 6 nitrogen and oxygen atoms in total. The van der Waals surface area contributed by atoms with E-state index in [1.54, 1.807) is 13.0 Å². The smallest absolute Gasteiger partial charge is 0.243 e. The van der Waals surface area contributed by atoms with E-state index in [0.717, 1.165) is 17.0 Å². The van der Waals surface area contributed by atoms with Crippen LogP contribution in [0.5, 0.6) is 11.6 Å². The lowest BCUT2D eigenvalue weighted by molar-refractivity contribution is 0.207. The predicted molar refractivity (Wildman–Crippen MR) is 107 cm³/mol. The van der Waals surface area contributed by atoms with Crippen molar-refractivity contribution in [1.82, 2.24) is 9.29 Å². The highest BCUT2D eigenvalue weighted by molar-refractivity contribution is 7.89. The zero-order chi connectivity index (χ0) is 20.4. The highest BCUT2D eigenvalue weighted by Gasteiger charge is 2.34. The molecule has 1 atom stereocenters. The van der Waals surface area contributed by atoms with Crippen molar-refractivity contribution in [1.29, 1.82) is 0 Å². The fourth-order valence-corrected chi connectivity index (χ4v) is 4.86. The third kappa shape index (κ3) is 4.04. The summed E-state index contributed by atoms with van der Waals surface area (Å²) in [6.07, 6.45) is 0.221. The topological polar surface area (TPSA) is 68.7 Å². The molecule has 0 bridgehead atoms. The van der Waals surface area contributed by atoms with Gasteiger partial charge in [0.15, 0.2) is 11.6 Å². The molecule has 0 saturated carbocycles. The molecular weight excluding hydrogens is 395 g/mol. The third-order valence-electron chi connectivity index (χ3n) is 4.81. The van der Waals surface area contributed by atoms with Gasteiger partial charge in [0.05, 0.1) is 23.6 Å². The second-order valence-corrected chi connectivity index (χ2v) is 8.70. The lowest BCUT2D eigenvalue weighted by Crippen LogP contribution is -2.31. The average Bonchev–Trinajstić information content (AvgIpc) is 3.19. The number of ether oxygens (including phenoxy) is 2. The maximum Gasteiger partial charge on any atom is 0.243 e. The van der Waals surface area contributed by atoms with Gasteiger partial charge in [0.2, 0.25) is 15.9 Å². The number of nitrogens with zero attached hydrogens (tertiary/aromatic N) is 2. The summed E-state index contributed by atoms with van der Waals surface area (Å²) in [5.41, 5.74) is 0.817. The highest BCUT2D eigenvalue weighted by atomic mass is 32.2. The molecule has 3 aromatic rings. The lowest BCUT2D eigenvalue weighted by atomic mass is 10.2. The monoisotopic (exact) mass is 416 g/mol. The summed E-state index contributed by atoms with van der Waals surface area (Å²) in [4.78, 5) is 4.37. The number of sulfonamides is 1. The molecular formula is C21H21FN2O4S. The van der Waals surface area contributed by atoms with Gasteiger partial charge in [0, 0.05) is 18.0 Å². The summed E-state index contributed by atoms with van der Waals surface area (Å²) >= 11 is 0. The van der Waals surface area contributed by atoms with E-state index in [1.165, 1.54) is 16.4 Å². The van der Waals surface area contributed by atoms with Gasteiger partial charge in [-0.05, 0) is 43.7 Å². The van der Waals surface area contributed by atoms with Crippen LogP contribution < -0.4 is 9.47 Å². The van der Waals surface area contributed by atoms with Crippen LogP contribution in [0.3, 0.4) is 0 Å². The number of aromatic nitrogens is 1. The average molecular weight is 416 g/mol. The Bertz CT molecular complexity index is 1140. The molecule has 1 unspecified atom stereocenters. The Morgan fingerprint density at radius 1 is 1.17 bits per heavy atom. The van der Waals surface area contributed by atoms with E-state index in [-0.39, 0.29) is 23.3 Å². The molecule has 2 aromatic carbocycles. The van der Waals surface area contributed by atoms with Crippen molar-refractivity contribution >= 4 is 20.9 Å². The van der Waals surface area contributed by atoms with Crippen LogP contribution >= 0.6 is 0 Å². The van der Waals surface area contributed by atoms with Crippen LogP contribution in [0.15, 0.2) is 59.5 Å². The number of para-hydroxylation sites is 1. The minimum Gasteiger partial charge on any atom is -0.491 e. The Labute approximate surface area is 168 Å². The molecule has 4 rings (SSSR count). The molecule has 8 heteroatoms. The molecule has 152 valence electrons. The van der Waals surface area contributed by atoms with Crippen molar-refractivity contribution in [3.8, 4) is 11.6 Å². The van der Waals surface area contributed by atoms with E-state index in [1.807, 2.05) is 30.3 Å². The van der Waals surface area contributed by atoms with Crippen LogP contribution in [0.2, 0.25) is 0 Å². The molecule has 1 aliphatic rings.